The van der Waals surface area contributed by atoms with Crippen LogP contribution in [0.5, 0.6) is 0 Å². The third-order valence-electron chi connectivity index (χ3n) is 3.69. The van der Waals surface area contributed by atoms with Crippen molar-refractivity contribution in [2.75, 3.05) is 13.1 Å². The molecule has 0 bridgehead atoms. The summed E-state index contributed by atoms with van der Waals surface area (Å²) in [4.78, 5) is 22.5. The average Bonchev–Trinajstić information content (AvgIpc) is 2.58. The van der Waals surface area contributed by atoms with Gasteiger partial charge in [0.2, 0.25) is 10.0 Å². The van der Waals surface area contributed by atoms with Crippen molar-refractivity contribution < 1.29 is 18.1 Å². The average molecular weight is 377 g/mol. The number of carbonyl (C=O) groups is 1. The lowest BCUT2D eigenvalue weighted by Crippen LogP contribution is -2.34. The number of sulfonamides is 1. The van der Waals surface area contributed by atoms with Gasteiger partial charge in [-0.2, -0.15) is 0 Å². The predicted molar refractivity (Wildman–Crippen MR) is 96.5 cm³/mol. The van der Waals surface area contributed by atoms with E-state index < -0.39 is 20.9 Å². The molecule has 9 heteroatoms. The fourth-order valence-corrected chi connectivity index (χ4v) is 3.30. The van der Waals surface area contributed by atoms with E-state index in [1.165, 1.54) is 30.3 Å². The summed E-state index contributed by atoms with van der Waals surface area (Å²) in [6.07, 6.45) is 0. The molecule has 0 radical (unpaired) electrons. The van der Waals surface area contributed by atoms with Crippen LogP contribution in [0.2, 0.25) is 0 Å². The molecule has 2 aromatic rings. The Morgan fingerprint density at radius 1 is 1.08 bits per heavy atom. The van der Waals surface area contributed by atoms with Gasteiger partial charge in [-0.1, -0.05) is 17.7 Å². The number of aryl methyl sites for hydroxylation is 2. The van der Waals surface area contributed by atoms with Crippen LogP contribution in [0.25, 0.3) is 0 Å². The number of hydrogen-bond donors (Lipinski definition) is 2. The van der Waals surface area contributed by atoms with Crippen molar-refractivity contribution in [1.82, 2.24) is 10.0 Å². The minimum absolute atomic E-state index is 0.0217. The van der Waals surface area contributed by atoms with E-state index in [1.807, 2.05) is 6.92 Å². The van der Waals surface area contributed by atoms with E-state index in [0.717, 1.165) is 5.56 Å². The number of carbonyl (C=O) groups excluding carboxylic acids is 1. The number of benzene rings is 2. The number of nitro groups is 1. The molecule has 0 unspecified atom stereocenters. The first-order valence-electron chi connectivity index (χ1n) is 7.80. The zero-order chi connectivity index (χ0) is 19.3. The molecular formula is C17H19N3O5S. The fraction of sp³-hybridized carbons (Fsp3) is 0.235. The van der Waals surface area contributed by atoms with Crippen molar-refractivity contribution >= 4 is 21.6 Å². The van der Waals surface area contributed by atoms with Gasteiger partial charge >= 0.3 is 0 Å². The van der Waals surface area contributed by atoms with Gasteiger partial charge in [-0.05, 0) is 38.1 Å². The summed E-state index contributed by atoms with van der Waals surface area (Å²) in [7, 11) is -3.64. The van der Waals surface area contributed by atoms with E-state index in [4.69, 9.17) is 0 Å². The van der Waals surface area contributed by atoms with Crippen LogP contribution in [0.15, 0.2) is 47.4 Å². The highest BCUT2D eigenvalue weighted by atomic mass is 32.2. The molecule has 0 saturated heterocycles. The monoisotopic (exact) mass is 377 g/mol. The van der Waals surface area contributed by atoms with Gasteiger partial charge in [0.25, 0.3) is 11.6 Å². The normalized spacial score (nSPS) is 11.2. The maximum absolute atomic E-state index is 12.1. The zero-order valence-electron chi connectivity index (χ0n) is 14.4. The minimum Gasteiger partial charge on any atom is -0.351 e. The SMILES string of the molecule is Cc1ccc(S(=O)(=O)NCCNC(=O)c2ccc([N+](=O)[O-])c(C)c2)cc1. The molecule has 0 spiro atoms. The second kappa shape index (κ2) is 8.07. The Hall–Kier alpha value is -2.78. The molecule has 2 aromatic carbocycles. The fourth-order valence-electron chi connectivity index (χ4n) is 2.27. The molecule has 1 amide bonds. The highest BCUT2D eigenvalue weighted by Gasteiger charge is 2.15. The number of amides is 1. The third-order valence-corrected chi connectivity index (χ3v) is 5.17. The minimum atomic E-state index is -3.64. The van der Waals surface area contributed by atoms with E-state index in [0.29, 0.717) is 5.56 Å². The molecule has 0 fully saturated rings. The third kappa shape index (κ3) is 4.87. The second-order valence-electron chi connectivity index (χ2n) is 5.73. The number of nitrogens with one attached hydrogen (secondary N) is 2. The summed E-state index contributed by atoms with van der Waals surface area (Å²) < 4.78 is 26.6. The Morgan fingerprint density at radius 3 is 2.31 bits per heavy atom. The quantitative estimate of drug-likeness (QED) is 0.434. The number of hydrogen-bond acceptors (Lipinski definition) is 5. The molecule has 0 aliphatic carbocycles. The highest BCUT2D eigenvalue weighted by Crippen LogP contribution is 2.18. The molecule has 2 rings (SSSR count). The van der Waals surface area contributed by atoms with E-state index in [1.54, 1.807) is 19.1 Å². The zero-order valence-corrected chi connectivity index (χ0v) is 15.2. The van der Waals surface area contributed by atoms with Crippen molar-refractivity contribution in [3.8, 4) is 0 Å². The smallest absolute Gasteiger partial charge is 0.272 e. The van der Waals surface area contributed by atoms with Crippen molar-refractivity contribution in [1.29, 1.82) is 0 Å². The molecule has 2 N–H and O–H groups in total. The molecule has 138 valence electrons. The van der Waals surface area contributed by atoms with Gasteiger partial charge < -0.3 is 5.32 Å². The molecule has 0 heterocycles. The topological polar surface area (TPSA) is 118 Å². The maximum atomic E-state index is 12.1. The van der Waals surface area contributed by atoms with Crippen LogP contribution in [0.4, 0.5) is 5.69 Å². The lowest BCUT2D eigenvalue weighted by molar-refractivity contribution is -0.385. The molecule has 26 heavy (non-hydrogen) atoms. The van der Waals surface area contributed by atoms with Crippen molar-refractivity contribution in [3.63, 3.8) is 0 Å². The summed E-state index contributed by atoms with van der Waals surface area (Å²) in [5.41, 5.74) is 1.54. The molecule has 0 aliphatic rings. The van der Waals surface area contributed by atoms with Gasteiger partial charge in [-0.25, -0.2) is 13.1 Å². The molecule has 8 nitrogen and oxygen atoms in total. The molecule has 0 saturated carbocycles. The predicted octanol–water partition coefficient (Wildman–Crippen LogP) is 1.92. The van der Waals surface area contributed by atoms with Gasteiger partial charge in [0.05, 0.1) is 9.82 Å². The summed E-state index contributed by atoms with van der Waals surface area (Å²) >= 11 is 0. The Morgan fingerprint density at radius 2 is 1.73 bits per heavy atom. The highest BCUT2D eigenvalue weighted by molar-refractivity contribution is 7.89. The Kier molecular flexibility index (Phi) is 6.06. The van der Waals surface area contributed by atoms with Gasteiger partial charge in [-0.3, -0.25) is 14.9 Å². The van der Waals surface area contributed by atoms with E-state index in [2.05, 4.69) is 10.0 Å². The van der Waals surface area contributed by atoms with Crippen LogP contribution >= 0.6 is 0 Å². The van der Waals surface area contributed by atoms with E-state index in [-0.39, 0.29) is 29.2 Å². The molecular weight excluding hydrogens is 358 g/mol. The first-order chi connectivity index (χ1) is 12.2. The van der Waals surface area contributed by atoms with Crippen LogP contribution in [0.1, 0.15) is 21.5 Å². The van der Waals surface area contributed by atoms with Crippen LogP contribution in [0.3, 0.4) is 0 Å². The lowest BCUT2D eigenvalue weighted by Gasteiger charge is -2.09. The summed E-state index contributed by atoms with van der Waals surface area (Å²) in [6.45, 7) is 3.51. The first-order valence-corrected chi connectivity index (χ1v) is 9.28. The van der Waals surface area contributed by atoms with Crippen molar-refractivity contribution in [2.45, 2.75) is 18.7 Å². The van der Waals surface area contributed by atoms with Gasteiger partial charge in [-0.15, -0.1) is 0 Å². The van der Waals surface area contributed by atoms with Crippen molar-refractivity contribution in [2.24, 2.45) is 0 Å². The second-order valence-corrected chi connectivity index (χ2v) is 7.49. The van der Waals surface area contributed by atoms with Crippen LogP contribution < -0.4 is 10.0 Å². The summed E-state index contributed by atoms with van der Waals surface area (Å²) in [5.74, 6) is -0.433. The number of nitro benzene ring substituents is 1. The maximum Gasteiger partial charge on any atom is 0.272 e. The van der Waals surface area contributed by atoms with Crippen LogP contribution in [-0.4, -0.2) is 32.3 Å². The van der Waals surface area contributed by atoms with E-state index in [9.17, 15) is 23.3 Å². The number of rotatable bonds is 7. The lowest BCUT2D eigenvalue weighted by atomic mass is 10.1. The van der Waals surface area contributed by atoms with Crippen LogP contribution in [0, 0.1) is 24.0 Å². The standard InChI is InChI=1S/C17H19N3O5S/c1-12-3-6-15(7-4-12)26(24,25)19-10-9-18-17(21)14-5-8-16(20(22)23)13(2)11-14/h3-8,11,19H,9-10H2,1-2H3,(H,18,21). The summed E-state index contributed by atoms with van der Waals surface area (Å²) in [6, 6.07) is 10.5. The molecule has 0 atom stereocenters. The molecule has 0 aliphatic heterocycles. The molecule has 0 aromatic heterocycles. The van der Waals surface area contributed by atoms with E-state index >= 15 is 0 Å². The van der Waals surface area contributed by atoms with Gasteiger partial charge in [0, 0.05) is 30.3 Å². The van der Waals surface area contributed by atoms with Crippen molar-refractivity contribution in [3.05, 3.63) is 69.3 Å². The summed E-state index contributed by atoms with van der Waals surface area (Å²) in [5, 5.41) is 13.4. The van der Waals surface area contributed by atoms with Gasteiger partial charge in [0.1, 0.15) is 0 Å². The van der Waals surface area contributed by atoms with Gasteiger partial charge in [0.15, 0.2) is 0 Å². The largest absolute Gasteiger partial charge is 0.351 e. The Balaban J connectivity index is 1.89. The number of nitrogens with zero attached hydrogens (tertiary/aromatic N) is 1. The first kappa shape index (κ1) is 19.5. The Labute approximate surface area is 151 Å². The van der Waals surface area contributed by atoms with Crippen LogP contribution in [-0.2, 0) is 10.0 Å². The Bertz CT molecular complexity index is 924.